The van der Waals surface area contributed by atoms with Crippen LogP contribution >= 0.6 is 11.6 Å². The molecule has 19 heavy (non-hydrogen) atoms. The van der Waals surface area contributed by atoms with Crippen LogP contribution in [0.1, 0.15) is 29.3 Å². The van der Waals surface area contributed by atoms with Gasteiger partial charge in [-0.2, -0.15) is 0 Å². The van der Waals surface area contributed by atoms with E-state index in [1.807, 2.05) is 19.9 Å². The Labute approximate surface area is 119 Å². The minimum atomic E-state index is -0.598. The average molecular weight is 285 g/mol. The summed E-state index contributed by atoms with van der Waals surface area (Å²) < 4.78 is 0. The fourth-order valence-electron chi connectivity index (χ4n) is 1.58. The first-order valence-corrected chi connectivity index (χ1v) is 6.98. The molecule has 0 aliphatic heterocycles. The van der Waals surface area contributed by atoms with Gasteiger partial charge in [-0.3, -0.25) is 4.79 Å². The highest BCUT2D eigenvalue weighted by atomic mass is 35.5. The van der Waals surface area contributed by atoms with Gasteiger partial charge in [0.1, 0.15) is 0 Å². The normalized spacial score (nSPS) is 12.0. The van der Waals surface area contributed by atoms with Crippen molar-refractivity contribution in [2.45, 2.75) is 26.4 Å². The molecule has 0 spiro atoms. The quantitative estimate of drug-likeness (QED) is 0.672. The molecule has 0 fully saturated rings. The Morgan fingerprint density at radius 1 is 1.47 bits per heavy atom. The number of benzene rings is 1. The van der Waals surface area contributed by atoms with Crippen LogP contribution in [0.15, 0.2) is 18.2 Å². The van der Waals surface area contributed by atoms with Crippen LogP contribution in [0.4, 0.5) is 5.69 Å². The highest BCUT2D eigenvalue weighted by Crippen LogP contribution is 2.17. The predicted molar refractivity (Wildman–Crippen MR) is 79.0 cm³/mol. The van der Waals surface area contributed by atoms with E-state index in [2.05, 4.69) is 10.6 Å². The van der Waals surface area contributed by atoms with Crippen LogP contribution in [-0.4, -0.2) is 36.1 Å². The summed E-state index contributed by atoms with van der Waals surface area (Å²) in [6.07, 6.45) is 0.309. The van der Waals surface area contributed by atoms with E-state index in [0.717, 1.165) is 17.7 Å². The molecule has 1 atom stereocenters. The van der Waals surface area contributed by atoms with Crippen LogP contribution < -0.4 is 10.6 Å². The van der Waals surface area contributed by atoms with Crippen molar-refractivity contribution in [3.8, 4) is 0 Å². The summed E-state index contributed by atoms with van der Waals surface area (Å²) in [4.78, 5) is 11.9. The molecule has 4 nitrogen and oxygen atoms in total. The van der Waals surface area contributed by atoms with Crippen molar-refractivity contribution in [1.82, 2.24) is 5.32 Å². The highest BCUT2D eigenvalue weighted by Gasteiger charge is 2.08. The van der Waals surface area contributed by atoms with Crippen molar-refractivity contribution in [1.29, 1.82) is 0 Å². The van der Waals surface area contributed by atoms with Crippen molar-refractivity contribution in [3.05, 3.63) is 29.3 Å². The standard InChI is InChI=1S/C14H21ClN2O2/c1-3-6-16-14(19)11-5-4-10(2)13(7-11)17-9-12(18)8-15/h4-5,7,12,17-18H,3,6,8-9H2,1-2H3,(H,16,19). The number of hydrogen-bond acceptors (Lipinski definition) is 3. The number of halogens is 1. The van der Waals surface area contributed by atoms with Gasteiger partial charge < -0.3 is 15.7 Å². The largest absolute Gasteiger partial charge is 0.390 e. The zero-order chi connectivity index (χ0) is 14.3. The maximum Gasteiger partial charge on any atom is 0.251 e. The molecule has 1 aromatic carbocycles. The Kier molecular flexibility index (Phi) is 6.67. The van der Waals surface area contributed by atoms with Crippen molar-refractivity contribution in [3.63, 3.8) is 0 Å². The minimum Gasteiger partial charge on any atom is -0.390 e. The lowest BCUT2D eigenvalue weighted by molar-refractivity contribution is 0.0953. The van der Waals surface area contributed by atoms with E-state index < -0.39 is 6.10 Å². The van der Waals surface area contributed by atoms with Crippen molar-refractivity contribution < 1.29 is 9.90 Å². The molecule has 0 radical (unpaired) electrons. The molecule has 0 heterocycles. The summed E-state index contributed by atoms with van der Waals surface area (Å²) in [5, 5.41) is 15.4. The summed E-state index contributed by atoms with van der Waals surface area (Å²) in [7, 11) is 0. The SMILES string of the molecule is CCCNC(=O)c1ccc(C)c(NCC(O)CCl)c1. The number of nitrogens with one attached hydrogen (secondary N) is 2. The predicted octanol–water partition coefficient (Wildman–Crippen LogP) is 2.15. The van der Waals surface area contributed by atoms with Gasteiger partial charge in [0.15, 0.2) is 0 Å². The summed E-state index contributed by atoms with van der Waals surface area (Å²) >= 11 is 5.54. The van der Waals surface area contributed by atoms with Crippen LogP contribution in [0.3, 0.4) is 0 Å². The Morgan fingerprint density at radius 2 is 2.21 bits per heavy atom. The summed E-state index contributed by atoms with van der Waals surface area (Å²) in [5.41, 5.74) is 2.48. The van der Waals surface area contributed by atoms with E-state index in [4.69, 9.17) is 11.6 Å². The number of rotatable bonds is 7. The number of hydrogen-bond donors (Lipinski definition) is 3. The molecule has 5 heteroatoms. The first-order valence-electron chi connectivity index (χ1n) is 6.45. The minimum absolute atomic E-state index is 0.0807. The second kappa shape index (κ2) is 8.02. The van der Waals surface area contributed by atoms with E-state index in [1.54, 1.807) is 12.1 Å². The lowest BCUT2D eigenvalue weighted by Gasteiger charge is -2.13. The molecule has 0 aliphatic carbocycles. The Morgan fingerprint density at radius 3 is 2.84 bits per heavy atom. The smallest absolute Gasteiger partial charge is 0.251 e. The number of carbonyl (C=O) groups is 1. The molecule has 0 saturated heterocycles. The Balaban J connectivity index is 2.73. The van der Waals surface area contributed by atoms with Gasteiger partial charge >= 0.3 is 0 Å². The van der Waals surface area contributed by atoms with E-state index >= 15 is 0 Å². The van der Waals surface area contributed by atoms with Crippen LogP contribution in [0.25, 0.3) is 0 Å². The van der Waals surface area contributed by atoms with E-state index in [0.29, 0.717) is 18.7 Å². The maximum atomic E-state index is 11.9. The third kappa shape index (κ3) is 5.09. The molecule has 1 unspecified atom stereocenters. The second-order valence-electron chi connectivity index (χ2n) is 4.47. The van der Waals surface area contributed by atoms with Gasteiger partial charge in [-0.25, -0.2) is 0 Å². The highest BCUT2D eigenvalue weighted by molar-refractivity contribution is 6.18. The number of aliphatic hydroxyl groups excluding tert-OH is 1. The summed E-state index contributed by atoms with van der Waals surface area (Å²) in [6, 6.07) is 5.47. The van der Waals surface area contributed by atoms with Crippen molar-refractivity contribution in [2.24, 2.45) is 0 Å². The monoisotopic (exact) mass is 284 g/mol. The molecule has 0 aromatic heterocycles. The first kappa shape index (κ1) is 15.8. The van der Waals surface area contributed by atoms with Gasteiger partial charge in [-0.05, 0) is 31.0 Å². The lowest BCUT2D eigenvalue weighted by Crippen LogP contribution is -2.24. The average Bonchev–Trinajstić information content (AvgIpc) is 2.43. The molecule has 0 aliphatic rings. The van der Waals surface area contributed by atoms with Gasteiger partial charge in [0, 0.05) is 24.3 Å². The zero-order valence-electron chi connectivity index (χ0n) is 11.4. The number of alkyl halides is 1. The lowest BCUT2D eigenvalue weighted by atomic mass is 10.1. The first-order chi connectivity index (χ1) is 9.08. The molecule has 106 valence electrons. The zero-order valence-corrected chi connectivity index (χ0v) is 12.1. The third-order valence-corrected chi connectivity index (χ3v) is 3.10. The van der Waals surface area contributed by atoms with Gasteiger partial charge in [0.05, 0.1) is 12.0 Å². The molecule has 1 rings (SSSR count). The van der Waals surface area contributed by atoms with E-state index in [-0.39, 0.29) is 11.8 Å². The fraction of sp³-hybridized carbons (Fsp3) is 0.500. The molecule has 1 aromatic rings. The number of aliphatic hydroxyl groups is 1. The van der Waals surface area contributed by atoms with Crippen molar-refractivity contribution >= 4 is 23.2 Å². The van der Waals surface area contributed by atoms with Crippen molar-refractivity contribution in [2.75, 3.05) is 24.3 Å². The van der Waals surface area contributed by atoms with Gasteiger partial charge in [-0.1, -0.05) is 13.0 Å². The van der Waals surface area contributed by atoms with E-state index in [9.17, 15) is 9.90 Å². The number of amides is 1. The maximum absolute atomic E-state index is 11.9. The molecule has 1 amide bonds. The molecule has 0 bridgehead atoms. The van der Waals surface area contributed by atoms with Gasteiger partial charge in [-0.15, -0.1) is 11.6 Å². The summed E-state index contributed by atoms with van der Waals surface area (Å²) in [6.45, 7) is 4.99. The molecule has 0 saturated carbocycles. The number of anilines is 1. The number of aryl methyl sites for hydroxylation is 1. The Hall–Kier alpha value is -1.26. The fourth-order valence-corrected chi connectivity index (χ4v) is 1.69. The van der Waals surface area contributed by atoms with Gasteiger partial charge in [0.2, 0.25) is 0 Å². The number of carbonyl (C=O) groups excluding carboxylic acids is 1. The molecule has 3 N–H and O–H groups in total. The van der Waals surface area contributed by atoms with E-state index in [1.165, 1.54) is 0 Å². The van der Waals surface area contributed by atoms with Crippen LogP contribution in [0.2, 0.25) is 0 Å². The van der Waals surface area contributed by atoms with Crippen LogP contribution in [-0.2, 0) is 0 Å². The summed E-state index contributed by atoms with van der Waals surface area (Å²) in [5.74, 6) is 0.103. The second-order valence-corrected chi connectivity index (χ2v) is 4.78. The Bertz CT molecular complexity index is 424. The van der Waals surface area contributed by atoms with Crippen LogP contribution in [0, 0.1) is 6.92 Å². The molecular weight excluding hydrogens is 264 g/mol. The topological polar surface area (TPSA) is 61.4 Å². The molecular formula is C14H21ClN2O2. The van der Waals surface area contributed by atoms with Crippen LogP contribution in [0.5, 0.6) is 0 Å². The third-order valence-electron chi connectivity index (χ3n) is 2.74. The van der Waals surface area contributed by atoms with Gasteiger partial charge in [0.25, 0.3) is 5.91 Å².